The number of hydrogen-bond acceptors (Lipinski definition) is 1. The quantitative estimate of drug-likeness (QED) is 0.351. The molecule has 2 aromatic carbocycles. The lowest BCUT2D eigenvalue weighted by atomic mass is 9.92. The minimum absolute atomic E-state index is 0.347. The molecule has 4 heteroatoms. The molecule has 3 rings (SSSR count). The molecule has 186 valence electrons. The first kappa shape index (κ1) is 26.6. The summed E-state index contributed by atoms with van der Waals surface area (Å²) >= 11 is 0. The topological polar surface area (TPSA) is 23.6 Å². The number of hydrogen-bond donors (Lipinski definition) is 0. The van der Waals surface area contributed by atoms with Gasteiger partial charge in [0.2, 0.25) is 0 Å². The molecule has 1 aliphatic rings. The molecule has 1 heterocycles. The van der Waals surface area contributed by atoms with Gasteiger partial charge in [0.15, 0.2) is 0 Å². The van der Waals surface area contributed by atoms with Crippen LogP contribution in [-0.4, -0.2) is 13.1 Å². The molecule has 1 saturated heterocycles. The summed E-state index contributed by atoms with van der Waals surface area (Å²) in [6, 6.07) is 13.2. The van der Waals surface area contributed by atoms with Crippen molar-refractivity contribution in [2.45, 2.75) is 92.4 Å². The number of allylic oxidation sites excluding steroid dienone is 1. The standard InChI is InChI=1S/C30H45N2OP/c1-11-24(10)34(33)31(29-25(20(2)3)14-12-15-26(29)21(4)5)18-19-32(34)30-27(22(6)7)16-13-17-28(30)23(8)9/h12-17,20-23H,10-11,18-19H2,1-9H3. The zero-order valence-corrected chi connectivity index (χ0v) is 23.7. The summed E-state index contributed by atoms with van der Waals surface area (Å²) in [6.45, 7) is 25.9. The number of rotatable bonds is 8. The summed E-state index contributed by atoms with van der Waals surface area (Å²) in [5.74, 6) is 1.39. The maximum atomic E-state index is 15.5. The van der Waals surface area contributed by atoms with E-state index in [1.54, 1.807) is 0 Å². The normalized spacial score (nSPS) is 15.9. The van der Waals surface area contributed by atoms with Gasteiger partial charge in [-0.25, -0.2) is 0 Å². The lowest BCUT2D eigenvalue weighted by molar-refractivity contribution is 0.577. The molecule has 0 N–H and O–H groups in total. The minimum Gasteiger partial charge on any atom is -0.301 e. The summed E-state index contributed by atoms with van der Waals surface area (Å²) in [7, 11) is -3.12. The predicted molar refractivity (Wildman–Crippen MR) is 151 cm³/mol. The highest BCUT2D eigenvalue weighted by molar-refractivity contribution is 7.71. The van der Waals surface area contributed by atoms with Gasteiger partial charge in [-0.2, -0.15) is 0 Å². The molecular formula is C30H45N2OP. The van der Waals surface area contributed by atoms with Crippen LogP contribution in [0.15, 0.2) is 48.3 Å². The van der Waals surface area contributed by atoms with E-state index in [4.69, 9.17) is 0 Å². The van der Waals surface area contributed by atoms with Crippen molar-refractivity contribution in [3.8, 4) is 0 Å². The van der Waals surface area contributed by atoms with Crippen molar-refractivity contribution in [1.29, 1.82) is 0 Å². The van der Waals surface area contributed by atoms with Crippen LogP contribution in [0.2, 0.25) is 0 Å². The van der Waals surface area contributed by atoms with Crippen molar-refractivity contribution in [2.24, 2.45) is 0 Å². The summed E-state index contributed by atoms with van der Waals surface area (Å²) in [5.41, 5.74) is 7.44. The van der Waals surface area contributed by atoms with E-state index in [2.05, 4.69) is 115 Å². The summed E-state index contributed by atoms with van der Waals surface area (Å²) < 4.78 is 20.0. The Hall–Kier alpha value is -1.99. The number of para-hydroxylation sites is 2. The Balaban J connectivity index is 2.34. The molecule has 34 heavy (non-hydrogen) atoms. The van der Waals surface area contributed by atoms with Crippen molar-refractivity contribution < 1.29 is 4.57 Å². The molecule has 0 unspecified atom stereocenters. The summed E-state index contributed by atoms with van der Waals surface area (Å²) in [5, 5.41) is 0.839. The fraction of sp³-hybridized carbons (Fsp3) is 0.533. The van der Waals surface area contributed by atoms with E-state index in [0.717, 1.165) is 18.4 Å². The van der Waals surface area contributed by atoms with Crippen molar-refractivity contribution in [3.63, 3.8) is 0 Å². The molecule has 1 fully saturated rings. The van der Waals surface area contributed by atoms with Gasteiger partial charge in [0.1, 0.15) is 0 Å². The minimum atomic E-state index is -3.12. The molecule has 0 bridgehead atoms. The van der Waals surface area contributed by atoms with E-state index in [9.17, 15) is 0 Å². The Kier molecular flexibility index (Phi) is 8.08. The average Bonchev–Trinajstić information content (AvgIpc) is 3.14. The fourth-order valence-electron chi connectivity index (χ4n) is 5.25. The Bertz CT molecular complexity index is 955. The van der Waals surface area contributed by atoms with E-state index in [-0.39, 0.29) is 0 Å². The van der Waals surface area contributed by atoms with Gasteiger partial charge < -0.3 is 9.34 Å². The first-order valence-corrected chi connectivity index (χ1v) is 14.7. The van der Waals surface area contributed by atoms with E-state index in [1.807, 2.05) is 0 Å². The lowest BCUT2D eigenvalue weighted by Gasteiger charge is -2.38. The number of benzene rings is 2. The van der Waals surface area contributed by atoms with E-state index >= 15 is 4.57 Å². The van der Waals surface area contributed by atoms with Crippen LogP contribution in [0.4, 0.5) is 11.4 Å². The van der Waals surface area contributed by atoms with Gasteiger partial charge in [-0.05, 0) is 52.3 Å². The van der Waals surface area contributed by atoms with E-state index in [1.165, 1.54) is 33.6 Å². The first-order valence-electron chi connectivity index (χ1n) is 13.1. The molecule has 1 aliphatic heterocycles. The van der Waals surface area contributed by atoms with Crippen LogP contribution in [0.25, 0.3) is 0 Å². The van der Waals surface area contributed by atoms with Crippen LogP contribution in [0.5, 0.6) is 0 Å². The Morgan fingerprint density at radius 1 is 0.735 bits per heavy atom. The molecule has 2 aromatic rings. The Morgan fingerprint density at radius 3 is 1.26 bits per heavy atom. The summed E-state index contributed by atoms with van der Waals surface area (Å²) in [6.07, 6.45) is 0.700. The van der Waals surface area contributed by atoms with Gasteiger partial charge >= 0.3 is 0 Å². The second kappa shape index (κ2) is 10.3. The van der Waals surface area contributed by atoms with Crippen molar-refractivity contribution in [1.82, 2.24) is 0 Å². The highest BCUT2D eigenvalue weighted by Crippen LogP contribution is 2.68. The van der Waals surface area contributed by atoms with Crippen LogP contribution in [0, 0.1) is 0 Å². The molecule has 0 aromatic heterocycles. The number of anilines is 2. The van der Waals surface area contributed by atoms with Crippen LogP contribution < -0.4 is 9.34 Å². The van der Waals surface area contributed by atoms with Crippen LogP contribution in [0.1, 0.15) is 115 Å². The van der Waals surface area contributed by atoms with Gasteiger partial charge in [0.25, 0.3) is 7.44 Å². The molecule has 0 amide bonds. The maximum absolute atomic E-state index is 15.5. The largest absolute Gasteiger partial charge is 0.301 e. The van der Waals surface area contributed by atoms with Gasteiger partial charge in [0.05, 0.1) is 11.4 Å². The first-order chi connectivity index (χ1) is 16.0. The van der Waals surface area contributed by atoms with Crippen LogP contribution in [0.3, 0.4) is 0 Å². The summed E-state index contributed by atoms with van der Waals surface area (Å²) in [4.78, 5) is 0. The molecular weight excluding hydrogens is 435 g/mol. The number of nitrogens with zero attached hydrogens (tertiary/aromatic N) is 2. The third-order valence-corrected chi connectivity index (χ3v) is 10.4. The SMILES string of the molecule is C=C(CC)P1(=O)N(c2c(C(C)C)cccc2C(C)C)CCN1c1c(C(C)C)cccc1C(C)C. The maximum Gasteiger partial charge on any atom is 0.288 e. The van der Waals surface area contributed by atoms with Crippen LogP contribution in [-0.2, 0) is 4.57 Å². The van der Waals surface area contributed by atoms with Gasteiger partial charge in [-0.1, -0.05) is 105 Å². The second-order valence-electron chi connectivity index (χ2n) is 10.9. The van der Waals surface area contributed by atoms with Crippen LogP contribution >= 0.6 is 7.44 Å². The van der Waals surface area contributed by atoms with Gasteiger partial charge in [0, 0.05) is 18.4 Å². The third-order valence-electron chi connectivity index (χ3n) is 7.20. The Labute approximate surface area is 208 Å². The molecule has 0 aliphatic carbocycles. The molecule has 0 radical (unpaired) electrons. The predicted octanol–water partition coefficient (Wildman–Crippen LogP) is 9.62. The van der Waals surface area contributed by atoms with Crippen molar-refractivity contribution in [2.75, 3.05) is 22.4 Å². The zero-order valence-electron chi connectivity index (χ0n) is 22.9. The molecule has 3 nitrogen and oxygen atoms in total. The Morgan fingerprint density at radius 2 is 1.03 bits per heavy atom. The van der Waals surface area contributed by atoms with Gasteiger partial charge in [-0.3, -0.25) is 4.57 Å². The van der Waals surface area contributed by atoms with Crippen molar-refractivity contribution >= 4 is 18.8 Å². The third kappa shape index (κ3) is 4.49. The van der Waals surface area contributed by atoms with Gasteiger partial charge in [-0.15, -0.1) is 0 Å². The molecule has 0 spiro atoms. The highest BCUT2D eigenvalue weighted by Gasteiger charge is 2.47. The zero-order chi connectivity index (χ0) is 25.4. The fourth-order valence-corrected chi connectivity index (χ4v) is 8.33. The highest BCUT2D eigenvalue weighted by atomic mass is 31.2. The lowest BCUT2D eigenvalue weighted by Crippen LogP contribution is -2.24. The monoisotopic (exact) mass is 480 g/mol. The van der Waals surface area contributed by atoms with Crippen molar-refractivity contribution in [3.05, 3.63) is 70.5 Å². The second-order valence-corrected chi connectivity index (χ2v) is 13.6. The van der Waals surface area contributed by atoms with E-state index in [0.29, 0.717) is 30.1 Å². The average molecular weight is 481 g/mol. The molecule has 0 saturated carbocycles. The van der Waals surface area contributed by atoms with E-state index < -0.39 is 7.44 Å². The molecule has 0 atom stereocenters. The smallest absolute Gasteiger partial charge is 0.288 e.